The first-order chi connectivity index (χ1) is 1.73. The van der Waals surface area contributed by atoms with Gasteiger partial charge in [0.05, 0.1) is 0 Å². The van der Waals surface area contributed by atoms with Gasteiger partial charge in [0.15, 0.2) is 0 Å². The van der Waals surface area contributed by atoms with Gasteiger partial charge in [0.25, 0.3) is 0 Å². The molecule has 0 aliphatic rings. The Morgan fingerprint density at radius 3 is 1.17 bits per heavy atom. The first kappa shape index (κ1) is 16.9. The molecule has 0 saturated carbocycles. The third-order valence-electron chi connectivity index (χ3n) is 0. The van der Waals surface area contributed by atoms with Crippen LogP contribution >= 0.6 is 0 Å². The molecule has 42 valence electrons. The molecule has 0 unspecified atom stereocenters. The highest BCUT2D eigenvalue weighted by Gasteiger charge is 1.69. The van der Waals surface area contributed by atoms with Gasteiger partial charge in [-0.15, -0.1) is 0 Å². The molecule has 0 spiro atoms. The van der Waals surface area contributed by atoms with Crippen LogP contribution < -0.4 is 0 Å². The van der Waals surface area contributed by atoms with E-state index in [9.17, 15) is 0 Å². The minimum absolute atomic E-state index is 0. The normalized spacial score (nSPS) is 6.00. The predicted octanol–water partition coefficient (Wildman–Crippen LogP) is -1.26. The molecule has 5 N–H and O–H groups in total. The molecular formula is C3H12O3. The molecule has 0 aromatic heterocycles. The first-order valence-electron chi connectivity index (χ1n) is 1.41. The van der Waals surface area contributed by atoms with Crippen LogP contribution in [0.15, 0.2) is 0 Å². The minimum Gasteiger partial charge on any atom is -0.412 e. The molecule has 3 nitrogen and oxygen atoms in total. The van der Waals surface area contributed by atoms with Crippen molar-refractivity contribution in [2.45, 2.75) is 20.0 Å². The van der Waals surface area contributed by atoms with Gasteiger partial charge in [-0.05, 0) is 13.8 Å². The van der Waals surface area contributed by atoms with Crippen LogP contribution in [-0.4, -0.2) is 22.2 Å². The minimum atomic E-state index is -0.167. The summed E-state index contributed by atoms with van der Waals surface area (Å²) < 4.78 is 0. The van der Waals surface area contributed by atoms with Crippen molar-refractivity contribution in [3.63, 3.8) is 0 Å². The summed E-state index contributed by atoms with van der Waals surface area (Å²) in [5.74, 6) is 0. The largest absolute Gasteiger partial charge is 0.412 e. The summed E-state index contributed by atoms with van der Waals surface area (Å²) in [6, 6.07) is 0. The topological polar surface area (TPSA) is 83.2 Å². The average Bonchev–Trinajstić information content (AvgIpc) is 0.811. The van der Waals surface area contributed by atoms with Gasteiger partial charge in [0.1, 0.15) is 0 Å². The van der Waals surface area contributed by atoms with E-state index >= 15 is 0 Å². The maximum absolute atomic E-state index is 8.06. The summed E-state index contributed by atoms with van der Waals surface area (Å²) in [5.41, 5.74) is 0. The highest BCUT2D eigenvalue weighted by Crippen LogP contribution is 1.65. The van der Waals surface area contributed by atoms with Crippen LogP contribution in [0.4, 0.5) is 0 Å². The molecule has 0 fully saturated rings. The number of hydrogen-bond acceptors (Lipinski definition) is 1. The molecule has 0 aliphatic carbocycles. The molecule has 0 heterocycles. The van der Waals surface area contributed by atoms with Crippen LogP contribution in [-0.2, 0) is 0 Å². The molecule has 0 aliphatic heterocycles. The summed E-state index contributed by atoms with van der Waals surface area (Å²) in [5, 5.41) is 8.06. The zero-order chi connectivity index (χ0) is 3.58. The molecule has 6 heavy (non-hydrogen) atoms. The molecule has 0 rings (SSSR count). The third-order valence-corrected chi connectivity index (χ3v) is 0. The van der Waals surface area contributed by atoms with Crippen molar-refractivity contribution in [3.8, 4) is 0 Å². The lowest BCUT2D eigenvalue weighted by molar-refractivity contribution is 0.216. The summed E-state index contributed by atoms with van der Waals surface area (Å²) in [6.45, 7) is 3.44. The molecule has 3 heteroatoms. The van der Waals surface area contributed by atoms with Crippen LogP contribution in [0.1, 0.15) is 13.8 Å². The average molecular weight is 96.1 g/mol. The maximum Gasteiger partial charge on any atom is 0.0483 e. The number of hydrogen-bond donors (Lipinski definition) is 1. The highest BCUT2D eigenvalue weighted by molar-refractivity contribution is 4.20. The van der Waals surface area contributed by atoms with Gasteiger partial charge in [0.2, 0.25) is 0 Å². The van der Waals surface area contributed by atoms with Gasteiger partial charge in [-0.1, -0.05) is 0 Å². The van der Waals surface area contributed by atoms with Crippen LogP contribution in [0.25, 0.3) is 0 Å². The molecule has 0 bridgehead atoms. The fourth-order valence-electron chi connectivity index (χ4n) is 0. The summed E-state index contributed by atoms with van der Waals surface area (Å²) in [6.07, 6.45) is -0.167. The Hall–Kier alpha value is -0.120. The molecular weight excluding hydrogens is 84.0 g/mol. The van der Waals surface area contributed by atoms with E-state index < -0.39 is 0 Å². The number of aliphatic hydroxyl groups excluding tert-OH is 1. The molecule has 0 amide bonds. The summed E-state index contributed by atoms with van der Waals surface area (Å²) >= 11 is 0. The van der Waals surface area contributed by atoms with Crippen molar-refractivity contribution in [2.24, 2.45) is 0 Å². The van der Waals surface area contributed by atoms with E-state index in [0.29, 0.717) is 0 Å². The first-order valence-corrected chi connectivity index (χ1v) is 1.41. The summed E-state index contributed by atoms with van der Waals surface area (Å²) in [7, 11) is 0. The van der Waals surface area contributed by atoms with E-state index in [1.165, 1.54) is 0 Å². The van der Waals surface area contributed by atoms with Crippen molar-refractivity contribution in [1.82, 2.24) is 0 Å². The smallest absolute Gasteiger partial charge is 0.0483 e. The Morgan fingerprint density at radius 2 is 1.17 bits per heavy atom. The number of rotatable bonds is 0. The second kappa shape index (κ2) is 8.86. The Kier molecular flexibility index (Phi) is 24.9. The van der Waals surface area contributed by atoms with Crippen LogP contribution in [0, 0.1) is 0 Å². The van der Waals surface area contributed by atoms with Gasteiger partial charge in [0, 0.05) is 6.10 Å². The van der Waals surface area contributed by atoms with E-state index in [1.54, 1.807) is 13.8 Å². The van der Waals surface area contributed by atoms with Crippen LogP contribution in [0.3, 0.4) is 0 Å². The zero-order valence-corrected chi connectivity index (χ0v) is 4.02. The Balaban J connectivity index is -0.0000000450. The Bertz CT molecular complexity index is 10.8. The van der Waals surface area contributed by atoms with Gasteiger partial charge in [-0.2, -0.15) is 0 Å². The van der Waals surface area contributed by atoms with Crippen LogP contribution in [0.5, 0.6) is 0 Å². The Labute approximate surface area is 37.2 Å². The van der Waals surface area contributed by atoms with Crippen molar-refractivity contribution in [3.05, 3.63) is 0 Å². The fourth-order valence-corrected chi connectivity index (χ4v) is 0. The lowest BCUT2D eigenvalue weighted by Gasteiger charge is -1.80. The number of aliphatic hydroxyl groups is 1. The van der Waals surface area contributed by atoms with Gasteiger partial charge < -0.3 is 16.1 Å². The maximum atomic E-state index is 8.06. The standard InChI is InChI=1S/C3H8O.2H2O/c1-3(2)4;;/h3-4H,1-2H3;2*1H2. The second-order valence-corrected chi connectivity index (χ2v) is 1.09. The van der Waals surface area contributed by atoms with Crippen molar-refractivity contribution >= 4 is 0 Å². The lowest BCUT2D eigenvalue weighted by atomic mass is 10.5. The quantitative estimate of drug-likeness (QED) is 0.401. The lowest BCUT2D eigenvalue weighted by Crippen LogP contribution is -1.85. The van der Waals surface area contributed by atoms with E-state index in [2.05, 4.69) is 0 Å². The van der Waals surface area contributed by atoms with Crippen molar-refractivity contribution in [1.29, 1.82) is 0 Å². The van der Waals surface area contributed by atoms with E-state index in [1.807, 2.05) is 0 Å². The fraction of sp³-hybridized carbons (Fsp3) is 1.00. The van der Waals surface area contributed by atoms with Gasteiger partial charge in [-0.3, -0.25) is 0 Å². The van der Waals surface area contributed by atoms with E-state index in [4.69, 9.17) is 5.11 Å². The molecule has 0 aromatic rings. The van der Waals surface area contributed by atoms with Crippen molar-refractivity contribution in [2.75, 3.05) is 0 Å². The van der Waals surface area contributed by atoms with Crippen molar-refractivity contribution < 1.29 is 16.1 Å². The highest BCUT2D eigenvalue weighted by atomic mass is 16.3. The predicted molar refractivity (Wildman–Crippen MR) is 24.6 cm³/mol. The zero-order valence-electron chi connectivity index (χ0n) is 4.02. The SMILES string of the molecule is CC(C)O.O.O. The van der Waals surface area contributed by atoms with Gasteiger partial charge >= 0.3 is 0 Å². The van der Waals surface area contributed by atoms with Gasteiger partial charge in [-0.25, -0.2) is 0 Å². The van der Waals surface area contributed by atoms with Crippen LogP contribution in [0.2, 0.25) is 0 Å². The molecule has 0 atom stereocenters. The second-order valence-electron chi connectivity index (χ2n) is 1.09. The van der Waals surface area contributed by atoms with E-state index in [-0.39, 0.29) is 17.1 Å². The molecule has 0 saturated heterocycles. The molecule has 0 aromatic carbocycles. The third kappa shape index (κ3) is 2230. The molecule has 0 radical (unpaired) electrons. The summed E-state index contributed by atoms with van der Waals surface area (Å²) in [4.78, 5) is 0. The van der Waals surface area contributed by atoms with E-state index in [0.717, 1.165) is 0 Å². The monoisotopic (exact) mass is 96.1 g/mol. The Morgan fingerprint density at radius 1 is 1.17 bits per heavy atom.